The van der Waals surface area contributed by atoms with Gasteiger partial charge in [0.1, 0.15) is 5.60 Å². The van der Waals surface area contributed by atoms with Gasteiger partial charge in [-0.15, -0.1) is 0 Å². The third-order valence-corrected chi connectivity index (χ3v) is 7.02. The number of benzene rings is 1. The molecule has 0 radical (unpaired) electrons. The first-order chi connectivity index (χ1) is 12.6. The molecule has 0 bridgehead atoms. The van der Waals surface area contributed by atoms with E-state index < -0.39 is 5.60 Å². The van der Waals surface area contributed by atoms with Gasteiger partial charge in [0.05, 0.1) is 10.0 Å². The SMILES string of the molecule is CC1CCC(c2ccc(Cl)c(Cl)c2)(C2CCN(C(=O)OC(C)(C)C)C2)CC1. The Kier molecular flexibility index (Phi) is 6.03. The lowest BCUT2D eigenvalue weighted by molar-refractivity contribution is 0.0275. The van der Waals surface area contributed by atoms with Crippen molar-refractivity contribution in [3.63, 3.8) is 0 Å². The standard InChI is InChI=1S/C22H31Cl2NO2/c1-15-7-10-22(11-8-15,16-5-6-18(23)19(24)13-16)17-9-12-25(14-17)20(26)27-21(2,3)4/h5-6,13,15,17H,7-12,14H2,1-4H3. The fraction of sp³-hybridized carbons (Fsp3) is 0.682. The van der Waals surface area contributed by atoms with Crippen molar-refractivity contribution in [1.29, 1.82) is 0 Å². The maximum Gasteiger partial charge on any atom is 0.410 e. The molecule has 0 spiro atoms. The Morgan fingerprint density at radius 2 is 1.81 bits per heavy atom. The van der Waals surface area contributed by atoms with Crippen molar-refractivity contribution in [2.45, 2.75) is 70.8 Å². The van der Waals surface area contributed by atoms with Gasteiger partial charge in [-0.25, -0.2) is 4.79 Å². The second-order valence-corrected chi connectivity index (χ2v) is 10.2. The van der Waals surface area contributed by atoms with Crippen LogP contribution < -0.4 is 0 Å². The van der Waals surface area contributed by atoms with Crippen molar-refractivity contribution >= 4 is 29.3 Å². The summed E-state index contributed by atoms with van der Waals surface area (Å²) in [5.41, 5.74) is 0.883. The van der Waals surface area contributed by atoms with Crippen LogP contribution in [0.2, 0.25) is 10.0 Å². The highest BCUT2D eigenvalue weighted by atomic mass is 35.5. The van der Waals surface area contributed by atoms with Gasteiger partial charge in [0.25, 0.3) is 0 Å². The van der Waals surface area contributed by atoms with Crippen LogP contribution in [-0.4, -0.2) is 29.7 Å². The van der Waals surface area contributed by atoms with Gasteiger partial charge in [-0.2, -0.15) is 0 Å². The third-order valence-electron chi connectivity index (χ3n) is 6.28. The predicted octanol–water partition coefficient (Wildman–Crippen LogP) is 6.70. The number of hydrogen-bond acceptors (Lipinski definition) is 2. The quantitative estimate of drug-likeness (QED) is 0.541. The van der Waals surface area contributed by atoms with Crippen molar-refractivity contribution in [3.8, 4) is 0 Å². The fourth-order valence-electron chi connectivity index (χ4n) is 4.72. The van der Waals surface area contributed by atoms with E-state index in [2.05, 4.69) is 19.1 Å². The molecule has 5 heteroatoms. The number of likely N-dealkylation sites (tertiary alicyclic amines) is 1. The lowest BCUT2D eigenvalue weighted by atomic mass is 9.60. The molecule has 1 saturated carbocycles. The molecule has 1 saturated heterocycles. The van der Waals surface area contributed by atoms with E-state index in [9.17, 15) is 4.79 Å². The first-order valence-corrected chi connectivity index (χ1v) is 10.8. The molecule has 1 aromatic rings. The summed E-state index contributed by atoms with van der Waals surface area (Å²) in [6.07, 6.45) is 5.51. The number of halogens is 2. The highest BCUT2D eigenvalue weighted by molar-refractivity contribution is 6.42. The van der Waals surface area contributed by atoms with E-state index in [1.807, 2.05) is 31.7 Å². The fourth-order valence-corrected chi connectivity index (χ4v) is 5.02. The minimum atomic E-state index is -0.461. The number of nitrogens with zero attached hydrogens (tertiary/aromatic N) is 1. The minimum Gasteiger partial charge on any atom is -0.444 e. The molecule has 1 amide bonds. The van der Waals surface area contributed by atoms with Gasteiger partial charge >= 0.3 is 6.09 Å². The summed E-state index contributed by atoms with van der Waals surface area (Å²) in [4.78, 5) is 14.4. The average Bonchev–Trinajstić information content (AvgIpc) is 3.08. The Balaban J connectivity index is 1.84. The minimum absolute atomic E-state index is 0.0670. The molecule has 3 rings (SSSR count). The molecule has 0 aromatic heterocycles. The van der Waals surface area contributed by atoms with Crippen LogP contribution in [-0.2, 0) is 10.2 Å². The summed E-state index contributed by atoms with van der Waals surface area (Å²) in [6.45, 7) is 9.59. The number of carbonyl (C=O) groups excluding carboxylic acids is 1. The predicted molar refractivity (Wildman–Crippen MR) is 112 cm³/mol. The van der Waals surface area contributed by atoms with Gasteiger partial charge in [0.15, 0.2) is 0 Å². The Hall–Kier alpha value is -0.930. The smallest absolute Gasteiger partial charge is 0.410 e. The molecule has 1 unspecified atom stereocenters. The number of rotatable bonds is 2. The molecule has 1 aliphatic heterocycles. The first kappa shape index (κ1) is 20.8. The van der Waals surface area contributed by atoms with Gasteiger partial charge in [0.2, 0.25) is 0 Å². The van der Waals surface area contributed by atoms with Crippen molar-refractivity contribution in [2.24, 2.45) is 11.8 Å². The highest BCUT2D eigenvalue weighted by Gasteiger charge is 2.46. The van der Waals surface area contributed by atoms with E-state index in [1.165, 1.54) is 18.4 Å². The monoisotopic (exact) mass is 411 g/mol. The molecule has 150 valence electrons. The van der Waals surface area contributed by atoms with Gasteiger partial charge in [-0.1, -0.05) is 36.2 Å². The molecular weight excluding hydrogens is 381 g/mol. The normalized spacial score (nSPS) is 29.0. The molecule has 1 aromatic carbocycles. The molecule has 1 heterocycles. The van der Waals surface area contributed by atoms with Crippen LogP contribution in [0.15, 0.2) is 18.2 Å². The van der Waals surface area contributed by atoms with Crippen LogP contribution in [0.1, 0.15) is 65.4 Å². The van der Waals surface area contributed by atoms with Crippen LogP contribution in [0.4, 0.5) is 4.79 Å². The maximum atomic E-state index is 12.5. The molecular formula is C22H31Cl2NO2. The summed E-state index contributed by atoms with van der Waals surface area (Å²) in [5.74, 6) is 1.18. The number of ether oxygens (including phenoxy) is 1. The first-order valence-electron chi connectivity index (χ1n) is 10.0. The van der Waals surface area contributed by atoms with Crippen LogP contribution in [0, 0.1) is 11.8 Å². The lowest BCUT2D eigenvalue weighted by Crippen LogP contribution is -2.42. The van der Waals surface area contributed by atoms with Gasteiger partial charge < -0.3 is 9.64 Å². The summed E-state index contributed by atoms with van der Waals surface area (Å²) in [6, 6.07) is 6.11. The van der Waals surface area contributed by atoms with Gasteiger partial charge in [-0.3, -0.25) is 0 Å². The molecule has 27 heavy (non-hydrogen) atoms. The second kappa shape index (κ2) is 7.83. The Bertz CT molecular complexity index is 690. The Morgan fingerprint density at radius 1 is 1.15 bits per heavy atom. The number of hydrogen-bond donors (Lipinski definition) is 0. The van der Waals surface area contributed by atoms with Crippen molar-refractivity contribution in [1.82, 2.24) is 4.90 Å². The van der Waals surface area contributed by atoms with E-state index in [1.54, 1.807) is 0 Å². The van der Waals surface area contributed by atoms with E-state index in [0.29, 0.717) is 16.0 Å². The van der Waals surface area contributed by atoms with Crippen molar-refractivity contribution < 1.29 is 9.53 Å². The molecule has 0 N–H and O–H groups in total. The van der Waals surface area contributed by atoms with E-state index >= 15 is 0 Å². The molecule has 2 aliphatic rings. The zero-order chi connectivity index (χ0) is 19.8. The number of carbonyl (C=O) groups is 1. The summed E-state index contributed by atoms with van der Waals surface area (Å²) in [7, 11) is 0. The van der Waals surface area contributed by atoms with E-state index in [4.69, 9.17) is 27.9 Å². The summed E-state index contributed by atoms with van der Waals surface area (Å²) < 4.78 is 5.60. The molecule has 1 atom stereocenters. The number of amides is 1. The van der Waals surface area contributed by atoms with E-state index in [0.717, 1.165) is 38.3 Å². The van der Waals surface area contributed by atoms with Crippen LogP contribution in [0.25, 0.3) is 0 Å². The second-order valence-electron chi connectivity index (χ2n) is 9.38. The van der Waals surface area contributed by atoms with Crippen LogP contribution in [0.5, 0.6) is 0 Å². The zero-order valence-corrected chi connectivity index (χ0v) is 18.4. The average molecular weight is 412 g/mol. The summed E-state index contributed by atoms with van der Waals surface area (Å²) in [5, 5.41) is 1.22. The third kappa shape index (κ3) is 4.56. The van der Waals surface area contributed by atoms with Gasteiger partial charge in [0, 0.05) is 13.1 Å². The molecule has 3 nitrogen and oxygen atoms in total. The van der Waals surface area contributed by atoms with Crippen molar-refractivity contribution in [2.75, 3.05) is 13.1 Å². The van der Waals surface area contributed by atoms with Crippen molar-refractivity contribution in [3.05, 3.63) is 33.8 Å². The molecule has 2 fully saturated rings. The zero-order valence-electron chi connectivity index (χ0n) is 16.9. The highest BCUT2D eigenvalue weighted by Crippen LogP contribution is 2.50. The Labute approximate surface area is 173 Å². The van der Waals surface area contributed by atoms with Crippen LogP contribution in [0.3, 0.4) is 0 Å². The lowest BCUT2D eigenvalue weighted by Gasteiger charge is -2.44. The summed E-state index contributed by atoms with van der Waals surface area (Å²) >= 11 is 12.5. The topological polar surface area (TPSA) is 29.5 Å². The van der Waals surface area contributed by atoms with Gasteiger partial charge in [-0.05, 0) is 87.8 Å². The van der Waals surface area contributed by atoms with E-state index in [-0.39, 0.29) is 11.5 Å². The molecule has 1 aliphatic carbocycles. The Morgan fingerprint density at radius 3 is 2.41 bits per heavy atom. The maximum absolute atomic E-state index is 12.5. The van der Waals surface area contributed by atoms with Crippen LogP contribution >= 0.6 is 23.2 Å². The largest absolute Gasteiger partial charge is 0.444 e.